The number of carbonyl (C=O) groups excluding carboxylic acids is 1. The number of likely N-dealkylation sites (tertiary alicyclic amines) is 2. The molecule has 24 heavy (non-hydrogen) atoms. The second kappa shape index (κ2) is 6.72. The lowest BCUT2D eigenvalue weighted by molar-refractivity contribution is -0.138. The van der Waals surface area contributed by atoms with E-state index >= 15 is 0 Å². The molecule has 2 heterocycles. The van der Waals surface area contributed by atoms with Crippen LogP contribution in [-0.4, -0.2) is 53.1 Å². The van der Waals surface area contributed by atoms with E-state index in [2.05, 4.69) is 0 Å². The minimum absolute atomic E-state index is 0.0495. The second-order valence-corrected chi connectivity index (χ2v) is 6.51. The van der Waals surface area contributed by atoms with Crippen molar-refractivity contribution in [1.82, 2.24) is 9.80 Å². The van der Waals surface area contributed by atoms with Gasteiger partial charge in [0.2, 0.25) is 5.91 Å². The van der Waals surface area contributed by atoms with Crippen LogP contribution in [0.1, 0.15) is 36.4 Å². The van der Waals surface area contributed by atoms with E-state index in [-0.39, 0.29) is 31.0 Å². The molecule has 0 saturated carbocycles. The molecule has 0 radical (unpaired) electrons. The van der Waals surface area contributed by atoms with Gasteiger partial charge < -0.3 is 10.0 Å². The highest BCUT2D eigenvalue weighted by Gasteiger charge is 2.40. The normalized spacial score (nSPS) is 25.4. The van der Waals surface area contributed by atoms with Gasteiger partial charge in [0, 0.05) is 25.7 Å². The summed E-state index contributed by atoms with van der Waals surface area (Å²) in [4.78, 5) is 15.8. The molecule has 2 aliphatic rings. The van der Waals surface area contributed by atoms with Gasteiger partial charge in [0.05, 0.1) is 18.2 Å². The molecule has 7 heteroatoms. The minimum Gasteiger partial charge on any atom is -0.392 e. The Morgan fingerprint density at radius 1 is 1.21 bits per heavy atom. The number of hydrogen-bond donors (Lipinski definition) is 1. The van der Waals surface area contributed by atoms with E-state index in [1.165, 1.54) is 12.1 Å². The van der Waals surface area contributed by atoms with Crippen molar-refractivity contribution in [2.24, 2.45) is 0 Å². The van der Waals surface area contributed by atoms with Crippen molar-refractivity contribution in [3.63, 3.8) is 0 Å². The van der Waals surface area contributed by atoms with Crippen molar-refractivity contribution in [2.75, 3.05) is 26.2 Å². The van der Waals surface area contributed by atoms with Gasteiger partial charge in [0.15, 0.2) is 0 Å². The van der Waals surface area contributed by atoms with Gasteiger partial charge in [-0.15, -0.1) is 0 Å². The standard InChI is InChI=1S/C17H21F3N2O2/c18-17(19,20)14-6-2-1-5-13(14)15-9-12(23)10-22(15)11-16(24)21-7-3-4-8-21/h1-2,5-6,12,15,23H,3-4,7-11H2/t12-,15+/m0/s1. The number of nitrogens with zero attached hydrogens (tertiary/aromatic N) is 2. The third-order valence-electron chi connectivity index (χ3n) is 4.80. The first-order chi connectivity index (χ1) is 11.4. The lowest BCUT2D eigenvalue weighted by Gasteiger charge is -2.28. The summed E-state index contributed by atoms with van der Waals surface area (Å²) in [5, 5.41) is 9.96. The third kappa shape index (κ3) is 3.57. The largest absolute Gasteiger partial charge is 0.416 e. The maximum Gasteiger partial charge on any atom is 0.416 e. The topological polar surface area (TPSA) is 43.8 Å². The fourth-order valence-corrected chi connectivity index (χ4v) is 3.66. The van der Waals surface area contributed by atoms with Crippen molar-refractivity contribution >= 4 is 5.91 Å². The third-order valence-corrected chi connectivity index (χ3v) is 4.80. The van der Waals surface area contributed by atoms with Gasteiger partial charge in [0.1, 0.15) is 0 Å². The highest BCUT2D eigenvalue weighted by atomic mass is 19.4. The van der Waals surface area contributed by atoms with Crippen LogP contribution in [0.25, 0.3) is 0 Å². The molecule has 1 aromatic carbocycles. The van der Waals surface area contributed by atoms with Crippen molar-refractivity contribution < 1.29 is 23.1 Å². The molecule has 2 saturated heterocycles. The number of carbonyl (C=O) groups is 1. The van der Waals surface area contributed by atoms with Gasteiger partial charge in [-0.2, -0.15) is 13.2 Å². The molecular weight excluding hydrogens is 321 g/mol. The molecule has 0 aliphatic carbocycles. The maximum absolute atomic E-state index is 13.3. The molecule has 1 amide bonds. The Labute approximate surface area is 138 Å². The Balaban J connectivity index is 1.82. The fraction of sp³-hybridized carbons (Fsp3) is 0.588. The zero-order valence-electron chi connectivity index (χ0n) is 13.3. The van der Waals surface area contributed by atoms with Crippen molar-refractivity contribution in [3.8, 4) is 0 Å². The highest BCUT2D eigenvalue weighted by Crippen LogP contribution is 2.40. The van der Waals surface area contributed by atoms with Gasteiger partial charge in [-0.05, 0) is 30.9 Å². The van der Waals surface area contributed by atoms with Crippen molar-refractivity contribution in [2.45, 2.75) is 37.6 Å². The molecule has 4 nitrogen and oxygen atoms in total. The quantitative estimate of drug-likeness (QED) is 0.918. The Hall–Kier alpha value is -1.60. The van der Waals surface area contributed by atoms with Crippen molar-refractivity contribution in [3.05, 3.63) is 35.4 Å². The van der Waals surface area contributed by atoms with Crippen LogP contribution in [-0.2, 0) is 11.0 Å². The second-order valence-electron chi connectivity index (χ2n) is 6.51. The molecule has 2 atom stereocenters. The SMILES string of the molecule is O=C(CN1C[C@@H](O)C[C@@H]1c1ccccc1C(F)(F)F)N1CCCC1. The van der Waals surface area contributed by atoms with Crippen LogP contribution in [0.2, 0.25) is 0 Å². The van der Waals surface area contributed by atoms with Crippen LogP contribution < -0.4 is 0 Å². The molecule has 0 spiro atoms. The van der Waals surface area contributed by atoms with Gasteiger partial charge >= 0.3 is 6.18 Å². The van der Waals surface area contributed by atoms with Gasteiger partial charge in [-0.1, -0.05) is 18.2 Å². The number of aliphatic hydroxyl groups excluding tert-OH is 1. The van der Waals surface area contributed by atoms with E-state index in [0.29, 0.717) is 13.1 Å². The van der Waals surface area contributed by atoms with Crippen LogP contribution >= 0.6 is 0 Å². The Bertz CT molecular complexity index is 600. The summed E-state index contributed by atoms with van der Waals surface area (Å²) in [7, 11) is 0. The molecule has 0 aromatic heterocycles. The summed E-state index contributed by atoms with van der Waals surface area (Å²) in [5.74, 6) is -0.0731. The number of β-amino-alcohol motifs (C(OH)–C–C–N with tert-alkyl or cyclic N) is 1. The van der Waals surface area contributed by atoms with Crippen LogP contribution in [0.15, 0.2) is 24.3 Å². The van der Waals surface area contributed by atoms with E-state index < -0.39 is 23.9 Å². The predicted molar refractivity (Wildman–Crippen MR) is 82.2 cm³/mol. The summed E-state index contributed by atoms with van der Waals surface area (Å²) < 4.78 is 39.8. The molecule has 1 aromatic rings. The Morgan fingerprint density at radius 3 is 2.54 bits per heavy atom. The zero-order valence-corrected chi connectivity index (χ0v) is 13.3. The predicted octanol–water partition coefficient (Wildman–Crippen LogP) is 2.44. The van der Waals surface area contributed by atoms with Gasteiger partial charge in [-0.25, -0.2) is 0 Å². The molecule has 3 rings (SSSR count). The molecule has 2 fully saturated rings. The first-order valence-electron chi connectivity index (χ1n) is 8.22. The number of aliphatic hydroxyl groups is 1. The minimum atomic E-state index is -4.45. The maximum atomic E-state index is 13.3. The zero-order chi connectivity index (χ0) is 17.3. The molecule has 0 unspecified atom stereocenters. The first-order valence-corrected chi connectivity index (χ1v) is 8.22. The van der Waals surface area contributed by atoms with E-state index in [1.54, 1.807) is 15.9 Å². The number of alkyl halides is 3. The summed E-state index contributed by atoms with van der Waals surface area (Å²) >= 11 is 0. The summed E-state index contributed by atoms with van der Waals surface area (Å²) in [5.41, 5.74) is -0.557. The molecule has 1 N–H and O–H groups in total. The summed E-state index contributed by atoms with van der Waals surface area (Å²) in [6.45, 7) is 1.68. The number of hydrogen-bond acceptors (Lipinski definition) is 3. The number of benzene rings is 1. The summed E-state index contributed by atoms with van der Waals surface area (Å²) in [6.07, 6.45) is -3.03. The van der Waals surface area contributed by atoms with E-state index in [1.807, 2.05) is 0 Å². The highest BCUT2D eigenvalue weighted by molar-refractivity contribution is 5.78. The average molecular weight is 342 g/mol. The number of rotatable bonds is 3. The lowest BCUT2D eigenvalue weighted by Crippen LogP contribution is -2.39. The molecule has 0 bridgehead atoms. The van der Waals surface area contributed by atoms with Crippen LogP contribution in [0.4, 0.5) is 13.2 Å². The molecule has 132 valence electrons. The average Bonchev–Trinajstić information content (AvgIpc) is 3.16. The van der Waals surface area contributed by atoms with Gasteiger partial charge in [0.25, 0.3) is 0 Å². The van der Waals surface area contributed by atoms with E-state index in [9.17, 15) is 23.1 Å². The van der Waals surface area contributed by atoms with Crippen LogP contribution in [0.5, 0.6) is 0 Å². The number of halogens is 3. The monoisotopic (exact) mass is 342 g/mol. The Kier molecular flexibility index (Phi) is 4.83. The molecular formula is C17H21F3N2O2. The Morgan fingerprint density at radius 2 is 1.88 bits per heavy atom. The van der Waals surface area contributed by atoms with Gasteiger partial charge in [-0.3, -0.25) is 9.69 Å². The smallest absolute Gasteiger partial charge is 0.392 e. The molecule has 2 aliphatic heterocycles. The number of amides is 1. The lowest BCUT2D eigenvalue weighted by atomic mass is 9.97. The van der Waals surface area contributed by atoms with E-state index in [0.717, 1.165) is 18.9 Å². The summed E-state index contributed by atoms with van der Waals surface area (Å²) in [6, 6.07) is 4.83. The fourth-order valence-electron chi connectivity index (χ4n) is 3.66. The van der Waals surface area contributed by atoms with Crippen molar-refractivity contribution in [1.29, 1.82) is 0 Å². The van der Waals surface area contributed by atoms with Crippen LogP contribution in [0, 0.1) is 0 Å². The van der Waals surface area contributed by atoms with Crippen LogP contribution in [0.3, 0.4) is 0 Å². The first kappa shape index (κ1) is 17.2. The van der Waals surface area contributed by atoms with E-state index in [4.69, 9.17) is 0 Å².